The van der Waals surface area contributed by atoms with E-state index in [0.29, 0.717) is 0 Å². The van der Waals surface area contributed by atoms with Crippen LogP contribution in [0.4, 0.5) is 5.82 Å². The molecule has 1 saturated carbocycles. The van der Waals surface area contributed by atoms with Gasteiger partial charge in [0.25, 0.3) is 0 Å². The Morgan fingerprint density at radius 3 is 3.05 bits per heavy atom. The van der Waals surface area contributed by atoms with Gasteiger partial charge in [0, 0.05) is 37.3 Å². The highest BCUT2D eigenvalue weighted by atomic mass is 32.1. The van der Waals surface area contributed by atoms with Crippen LogP contribution in [-0.4, -0.2) is 28.5 Å². The van der Waals surface area contributed by atoms with Crippen molar-refractivity contribution in [3.8, 4) is 0 Å². The molecule has 108 valence electrons. The molecule has 0 aromatic carbocycles. The Balaban J connectivity index is 1.62. The van der Waals surface area contributed by atoms with Crippen molar-refractivity contribution in [1.82, 2.24) is 14.7 Å². The van der Waals surface area contributed by atoms with Crippen LogP contribution in [0.3, 0.4) is 0 Å². The third kappa shape index (κ3) is 2.23. The van der Waals surface area contributed by atoms with E-state index in [1.54, 1.807) is 11.3 Å². The molecule has 3 heterocycles. The maximum atomic E-state index is 4.89. The van der Waals surface area contributed by atoms with Crippen molar-refractivity contribution in [1.29, 1.82) is 0 Å². The molecule has 0 amide bonds. The molecule has 20 heavy (non-hydrogen) atoms. The summed E-state index contributed by atoms with van der Waals surface area (Å²) in [6.45, 7) is 5.60. The van der Waals surface area contributed by atoms with E-state index in [9.17, 15) is 0 Å². The van der Waals surface area contributed by atoms with E-state index < -0.39 is 0 Å². The highest BCUT2D eigenvalue weighted by molar-refractivity contribution is 7.15. The number of thiazole rings is 1. The summed E-state index contributed by atoms with van der Waals surface area (Å²) in [5, 5.41) is 5.78. The van der Waals surface area contributed by atoms with Crippen LogP contribution < -0.4 is 10.2 Å². The van der Waals surface area contributed by atoms with Gasteiger partial charge in [0.1, 0.15) is 0 Å². The fraction of sp³-hybridized carbons (Fsp3) is 0.667. The molecule has 0 radical (unpaired) electrons. The summed E-state index contributed by atoms with van der Waals surface area (Å²) in [5.41, 5.74) is 1.35. The Labute approximate surface area is 123 Å². The largest absolute Gasteiger partial charge is 0.355 e. The zero-order valence-electron chi connectivity index (χ0n) is 12.0. The fourth-order valence-electron chi connectivity index (χ4n) is 3.13. The van der Waals surface area contributed by atoms with Crippen molar-refractivity contribution in [2.75, 3.05) is 18.0 Å². The smallest absolute Gasteiger partial charge is 0.195 e. The molecule has 2 aliphatic rings. The predicted octanol–water partition coefficient (Wildman–Crippen LogP) is 2.88. The highest BCUT2D eigenvalue weighted by Crippen LogP contribution is 2.30. The van der Waals surface area contributed by atoms with E-state index in [0.717, 1.165) is 23.5 Å². The monoisotopic (exact) mass is 290 g/mol. The Hall–Kier alpha value is -1.07. The number of hydrogen-bond donors (Lipinski definition) is 1. The lowest BCUT2D eigenvalue weighted by molar-refractivity contribution is 0.568. The lowest BCUT2D eigenvalue weighted by atomic mass is 10.1. The molecule has 4 rings (SSSR count). The van der Waals surface area contributed by atoms with Crippen molar-refractivity contribution in [2.24, 2.45) is 5.92 Å². The Kier molecular flexibility index (Phi) is 3.19. The zero-order chi connectivity index (χ0) is 13.5. The van der Waals surface area contributed by atoms with E-state index in [1.807, 2.05) is 0 Å². The molecule has 1 atom stereocenters. The average Bonchev–Trinajstić information content (AvgIpc) is 2.90. The summed E-state index contributed by atoms with van der Waals surface area (Å²) in [5.74, 6) is 2.07. The van der Waals surface area contributed by atoms with Crippen LogP contribution in [0, 0.1) is 5.92 Å². The zero-order valence-corrected chi connectivity index (χ0v) is 12.8. The normalized spacial score (nSPS) is 23.1. The number of rotatable bonds is 5. The second-order valence-corrected chi connectivity index (χ2v) is 6.97. The summed E-state index contributed by atoms with van der Waals surface area (Å²) >= 11 is 1.73. The first-order valence-electron chi connectivity index (χ1n) is 7.78. The molecule has 5 heteroatoms. The van der Waals surface area contributed by atoms with E-state index in [1.165, 1.54) is 50.3 Å². The average molecular weight is 290 g/mol. The first-order chi connectivity index (χ1) is 9.85. The number of anilines is 1. The fourth-order valence-corrected chi connectivity index (χ4v) is 3.85. The summed E-state index contributed by atoms with van der Waals surface area (Å²) < 4.78 is 2.27. The van der Waals surface area contributed by atoms with Gasteiger partial charge >= 0.3 is 0 Å². The van der Waals surface area contributed by atoms with Crippen molar-refractivity contribution in [3.63, 3.8) is 0 Å². The molecule has 1 unspecified atom stereocenters. The van der Waals surface area contributed by atoms with Crippen LogP contribution in [0.25, 0.3) is 4.96 Å². The van der Waals surface area contributed by atoms with Gasteiger partial charge in [0.15, 0.2) is 10.8 Å². The van der Waals surface area contributed by atoms with E-state index >= 15 is 0 Å². The first kappa shape index (κ1) is 12.7. The Morgan fingerprint density at radius 1 is 1.40 bits per heavy atom. The third-order valence-corrected chi connectivity index (χ3v) is 5.39. The summed E-state index contributed by atoms with van der Waals surface area (Å²) in [7, 11) is 0. The van der Waals surface area contributed by atoms with Gasteiger partial charge in [-0.15, -0.1) is 11.3 Å². The molecule has 2 aromatic rings. The topological polar surface area (TPSA) is 32.6 Å². The minimum atomic E-state index is 0.744. The minimum absolute atomic E-state index is 0.744. The van der Waals surface area contributed by atoms with Gasteiger partial charge in [0.2, 0.25) is 0 Å². The van der Waals surface area contributed by atoms with Gasteiger partial charge in [-0.25, -0.2) is 4.98 Å². The predicted molar refractivity (Wildman–Crippen MR) is 83.5 cm³/mol. The molecule has 0 bridgehead atoms. The molecule has 0 spiro atoms. The molecule has 2 fully saturated rings. The highest BCUT2D eigenvalue weighted by Gasteiger charge is 2.27. The number of imidazole rings is 1. The van der Waals surface area contributed by atoms with Gasteiger partial charge in [-0.1, -0.05) is 13.3 Å². The van der Waals surface area contributed by atoms with E-state index in [2.05, 4.69) is 33.1 Å². The Morgan fingerprint density at radius 2 is 2.30 bits per heavy atom. The van der Waals surface area contributed by atoms with Crippen molar-refractivity contribution >= 4 is 22.1 Å². The van der Waals surface area contributed by atoms with Crippen molar-refractivity contribution in [3.05, 3.63) is 17.3 Å². The second-order valence-electron chi connectivity index (χ2n) is 6.10. The number of nitrogens with one attached hydrogen (secondary N) is 1. The number of aromatic nitrogens is 2. The van der Waals surface area contributed by atoms with Crippen LogP contribution >= 0.6 is 11.3 Å². The molecule has 1 saturated heterocycles. The van der Waals surface area contributed by atoms with E-state index in [-0.39, 0.29) is 0 Å². The van der Waals surface area contributed by atoms with Gasteiger partial charge < -0.3 is 10.2 Å². The molecule has 2 aromatic heterocycles. The number of fused-ring (bicyclic) bond motifs is 1. The quantitative estimate of drug-likeness (QED) is 0.919. The molecule has 1 aliphatic carbocycles. The first-order valence-corrected chi connectivity index (χ1v) is 8.66. The second kappa shape index (κ2) is 5.04. The molecular formula is C15H22N4S. The summed E-state index contributed by atoms with van der Waals surface area (Å²) in [4.78, 5) is 8.52. The van der Waals surface area contributed by atoms with Crippen molar-refractivity contribution in [2.45, 2.75) is 45.2 Å². The van der Waals surface area contributed by atoms with Crippen LogP contribution in [0.1, 0.15) is 38.3 Å². The summed E-state index contributed by atoms with van der Waals surface area (Å²) in [6.07, 6.45) is 7.43. The van der Waals surface area contributed by atoms with Gasteiger partial charge in [-0.3, -0.25) is 4.40 Å². The standard InChI is InChI=1S/C15H22N4S/c1-2-11-5-6-18(10-11)14-13(9-16-12-3-4-12)19-7-8-20-15(19)17-14/h7-8,11-12,16H,2-6,9-10H2,1H3. The van der Waals surface area contributed by atoms with Gasteiger partial charge in [-0.2, -0.15) is 0 Å². The molecule has 1 aliphatic heterocycles. The third-order valence-electron chi connectivity index (χ3n) is 4.64. The van der Waals surface area contributed by atoms with Crippen LogP contribution in [0.15, 0.2) is 11.6 Å². The van der Waals surface area contributed by atoms with Gasteiger partial charge in [0.05, 0.1) is 5.69 Å². The maximum absolute atomic E-state index is 4.89. The lowest BCUT2D eigenvalue weighted by Crippen LogP contribution is -2.24. The number of nitrogens with zero attached hydrogens (tertiary/aromatic N) is 3. The molecule has 4 nitrogen and oxygen atoms in total. The van der Waals surface area contributed by atoms with Crippen LogP contribution in [0.2, 0.25) is 0 Å². The Bertz CT molecular complexity index is 598. The van der Waals surface area contributed by atoms with Crippen molar-refractivity contribution < 1.29 is 0 Å². The van der Waals surface area contributed by atoms with E-state index in [4.69, 9.17) is 4.98 Å². The number of hydrogen-bond acceptors (Lipinski definition) is 4. The SMILES string of the molecule is CCC1CCN(c2nc3sccn3c2CNC2CC2)C1. The minimum Gasteiger partial charge on any atom is -0.355 e. The van der Waals surface area contributed by atoms with Crippen LogP contribution in [-0.2, 0) is 6.54 Å². The maximum Gasteiger partial charge on any atom is 0.195 e. The van der Waals surface area contributed by atoms with Crippen LogP contribution in [0.5, 0.6) is 0 Å². The van der Waals surface area contributed by atoms with Gasteiger partial charge in [-0.05, 0) is 25.2 Å². The summed E-state index contributed by atoms with van der Waals surface area (Å²) in [6, 6.07) is 0.744. The molecular weight excluding hydrogens is 268 g/mol. The molecule has 1 N–H and O–H groups in total. The lowest BCUT2D eigenvalue weighted by Gasteiger charge is -2.18.